The maximum Gasteiger partial charge on any atom is 0.404 e. The number of rotatable bonds is 7. The Morgan fingerprint density at radius 3 is 2.70 bits per heavy atom. The van der Waals surface area contributed by atoms with E-state index in [1.165, 1.54) is 18.4 Å². The van der Waals surface area contributed by atoms with Crippen LogP contribution in [0.2, 0.25) is 0 Å². The van der Waals surface area contributed by atoms with Crippen LogP contribution in [0.1, 0.15) is 30.7 Å². The van der Waals surface area contributed by atoms with Gasteiger partial charge in [-0.1, -0.05) is 12.1 Å². The second kappa shape index (κ2) is 9.13. The highest BCUT2D eigenvalue weighted by atomic mass is 16.4. The van der Waals surface area contributed by atoms with Gasteiger partial charge in [0.25, 0.3) is 0 Å². The Labute approximate surface area is 175 Å². The molecule has 0 radical (unpaired) electrons. The Morgan fingerprint density at radius 2 is 1.97 bits per heavy atom. The van der Waals surface area contributed by atoms with Crippen LogP contribution in [0.4, 0.5) is 16.4 Å². The molecule has 1 aliphatic rings. The molecule has 0 aliphatic carbocycles. The molecule has 8 nitrogen and oxygen atoms in total. The van der Waals surface area contributed by atoms with E-state index in [1.807, 2.05) is 23.0 Å². The molecule has 1 aromatic carbocycles. The second-order valence-electron chi connectivity index (χ2n) is 7.89. The maximum absolute atomic E-state index is 10.6. The lowest BCUT2D eigenvalue weighted by Gasteiger charge is -2.29. The molecule has 3 heterocycles. The van der Waals surface area contributed by atoms with Gasteiger partial charge in [0.2, 0.25) is 5.95 Å². The molecule has 3 aromatic rings. The number of aryl methyl sites for hydroxylation is 1. The monoisotopic (exact) mass is 408 g/mol. The second-order valence-corrected chi connectivity index (χ2v) is 7.89. The van der Waals surface area contributed by atoms with E-state index >= 15 is 0 Å². The molecule has 30 heavy (non-hydrogen) atoms. The van der Waals surface area contributed by atoms with Crippen LogP contribution in [-0.4, -0.2) is 57.3 Å². The van der Waals surface area contributed by atoms with Crippen molar-refractivity contribution in [2.45, 2.75) is 31.7 Å². The summed E-state index contributed by atoms with van der Waals surface area (Å²) in [7, 11) is 2.18. The number of nitrogens with one attached hydrogen (secondary N) is 2. The van der Waals surface area contributed by atoms with Crippen LogP contribution in [0, 0.1) is 0 Å². The molecule has 0 saturated carbocycles. The van der Waals surface area contributed by atoms with E-state index in [1.54, 1.807) is 0 Å². The fraction of sp³-hybridized carbons (Fsp3) is 0.409. The molecule has 4 rings (SSSR count). The van der Waals surface area contributed by atoms with Gasteiger partial charge in [-0.3, -0.25) is 0 Å². The van der Waals surface area contributed by atoms with Crippen molar-refractivity contribution in [3.05, 3.63) is 48.3 Å². The van der Waals surface area contributed by atoms with Crippen LogP contribution in [0.5, 0.6) is 0 Å². The number of benzene rings is 1. The summed E-state index contributed by atoms with van der Waals surface area (Å²) in [5, 5.41) is 15.3. The summed E-state index contributed by atoms with van der Waals surface area (Å²) in [5.41, 5.74) is 3.20. The molecule has 158 valence electrons. The molecule has 8 heteroatoms. The number of carbonyl (C=O) groups is 1. The summed E-state index contributed by atoms with van der Waals surface area (Å²) in [4.78, 5) is 22.0. The van der Waals surface area contributed by atoms with Gasteiger partial charge in [-0.25, -0.2) is 9.78 Å². The van der Waals surface area contributed by atoms with Gasteiger partial charge < -0.3 is 25.2 Å². The Bertz CT molecular complexity index is 993. The third kappa shape index (κ3) is 4.88. The van der Waals surface area contributed by atoms with Crippen molar-refractivity contribution >= 4 is 28.8 Å². The van der Waals surface area contributed by atoms with Gasteiger partial charge in [0.1, 0.15) is 5.65 Å². The summed E-state index contributed by atoms with van der Waals surface area (Å²) < 4.78 is 2.02. The number of piperidine rings is 1. The third-order valence-electron chi connectivity index (χ3n) is 5.71. The zero-order valence-electron chi connectivity index (χ0n) is 17.2. The molecule has 1 aliphatic heterocycles. The average molecular weight is 409 g/mol. The zero-order chi connectivity index (χ0) is 20.9. The summed E-state index contributed by atoms with van der Waals surface area (Å²) in [6.07, 6.45) is 5.89. The molecule has 2 aromatic heterocycles. The number of hydrogen-bond acceptors (Lipinski definition) is 5. The summed E-state index contributed by atoms with van der Waals surface area (Å²) in [6.45, 7) is 3.41. The van der Waals surface area contributed by atoms with Crippen LogP contribution in [-0.2, 0) is 6.54 Å². The number of fused-ring (bicyclic) bond motifs is 1. The van der Waals surface area contributed by atoms with Gasteiger partial charge in [-0.15, -0.1) is 0 Å². The first kappa shape index (κ1) is 20.2. The van der Waals surface area contributed by atoms with Crippen LogP contribution in [0.3, 0.4) is 0 Å². The Hall–Kier alpha value is -3.13. The predicted molar refractivity (Wildman–Crippen MR) is 117 cm³/mol. The van der Waals surface area contributed by atoms with Crippen LogP contribution >= 0.6 is 0 Å². The van der Waals surface area contributed by atoms with E-state index in [0.717, 1.165) is 29.8 Å². The van der Waals surface area contributed by atoms with Crippen LogP contribution < -0.4 is 10.6 Å². The average Bonchev–Trinajstić information content (AvgIpc) is 3.15. The number of carboxylic acid groups (broad SMARTS) is 1. The SMILES string of the molecule is CN1CCC(c2ccc(Nc3ncc4ccn(CCCNC(=O)O)c4n3)cc2)CC1. The maximum atomic E-state index is 10.6. The van der Waals surface area contributed by atoms with Gasteiger partial charge in [-0.2, -0.15) is 4.98 Å². The van der Waals surface area contributed by atoms with E-state index in [9.17, 15) is 4.79 Å². The largest absolute Gasteiger partial charge is 0.465 e. The zero-order valence-corrected chi connectivity index (χ0v) is 17.2. The fourth-order valence-corrected chi connectivity index (χ4v) is 3.97. The summed E-state index contributed by atoms with van der Waals surface area (Å²) >= 11 is 0. The van der Waals surface area contributed by atoms with Gasteiger partial charge in [0.05, 0.1) is 0 Å². The Morgan fingerprint density at radius 1 is 1.20 bits per heavy atom. The van der Waals surface area contributed by atoms with Crippen molar-refractivity contribution in [3.8, 4) is 0 Å². The van der Waals surface area contributed by atoms with E-state index in [2.05, 4.69) is 56.8 Å². The van der Waals surface area contributed by atoms with Crippen LogP contribution in [0.25, 0.3) is 11.0 Å². The van der Waals surface area contributed by atoms with Crippen molar-refractivity contribution in [2.24, 2.45) is 0 Å². The molecule has 1 fully saturated rings. The minimum absolute atomic E-state index is 0.412. The van der Waals surface area contributed by atoms with E-state index < -0.39 is 6.09 Å². The van der Waals surface area contributed by atoms with Gasteiger partial charge in [0.15, 0.2) is 0 Å². The Balaban J connectivity index is 1.41. The highest BCUT2D eigenvalue weighted by Gasteiger charge is 2.18. The van der Waals surface area contributed by atoms with Crippen molar-refractivity contribution in [1.82, 2.24) is 24.8 Å². The highest BCUT2D eigenvalue weighted by Crippen LogP contribution is 2.28. The molecule has 0 atom stereocenters. The standard InChI is InChI=1S/C22H28N6O2/c1-27-12-7-17(8-13-27)16-3-5-19(6-4-16)25-21-24-15-18-9-14-28(20(18)26-21)11-2-10-23-22(29)30/h3-6,9,14-15,17,23H,2,7-8,10-13H2,1H3,(H,29,30)(H,24,25,26). The number of likely N-dealkylation sites (tertiary alicyclic amines) is 1. The van der Waals surface area contributed by atoms with E-state index in [0.29, 0.717) is 31.4 Å². The first-order valence-electron chi connectivity index (χ1n) is 10.4. The molecular weight excluding hydrogens is 380 g/mol. The molecular formula is C22H28N6O2. The molecule has 1 saturated heterocycles. The van der Waals surface area contributed by atoms with E-state index in [-0.39, 0.29) is 0 Å². The van der Waals surface area contributed by atoms with Gasteiger partial charge >= 0.3 is 6.09 Å². The highest BCUT2D eigenvalue weighted by molar-refractivity contribution is 5.76. The number of amides is 1. The fourth-order valence-electron chi connectivity index (χ4n) is 3.97. The first-order valence-corrected chi connectivity index (χ1v) is 10.4. The number of aromatic nitrogens is 3. The minimum Gasteiger partial charge on any atom is -0.465 e. The number of nitrogens with zero attached hydrogens (tertiary/aromatic N) is 4. The predicted octanol–water partition coefficient (Wildman–Crippen LogP) is 3.64. The van der Waals surface area contributed by atoms with Gasteiger partial charge in [0, 0.05) is 36.6 Å². The molecule has 0 unspecified atom stereocenters. The first-order chi connectivity index (χ1) is 14.6. The topological polar surface area (TPSA) is 95.3 Å². The van der Waals surface area contributed by atoms with E-state index in [4.69, 9.17) is 5.11 Å². The quantitative estimate of drug-likeness (QED) is 0.517. The lowest BCUT2D eigenvalue weighted by atomic mass is 9.89. The van der Waals surface area contributed by atoms with Crippen molar-refractivity contribution in [1.29, 1.82) is 0 Å². The lowest BCUT2D eigenvalue weighted by Crippen LogP contribution is -2.29. The Kier molecular flexibility index (Phi) is 6.13. The molecule has 3 N–H and O–H groups in total. The van der Waals surface area contributed by atoms with Crippen LogP contribution in [0.15, 0.2) is 42.7 Å². The molecule has 1 amide bonds. The summed E-state index contributed by atoms with van der Waals surface area (Å²) in [5.74, 6) is 1.19. The lowest BCUT2D eigenvalue weighted by molar-refractivity contribution is 0.194. The molecule has 0 spiro atoms. The smallest absolute Gasteiger partial charge is 0.404 e. The minimum atomic E-state index is -0.997. The third-order valence-corrected chi connectivity index (χ3v) is 5.71. The van der Waals surface area contributed by atoms with Crippen molar-refractivity contribution < 1.29 is 9.90 Å². The number of hydrogen-bond donors (Lipinski definition) is 3. The molecule has 0 bridgehead atoms. The summed E-state index contributed by atoms with van der Waals surface area (Å²) in [6, 6.07) is 10.6. The van der Waals surface area contributed by atoms with Gasteiger partial charge in [-0.05, 0) is 69.1 Å². The van der Waals surface area contributed by atoms with Crippen molar-refractivity contribution in [2.75, 3.05) is 32.0 Å². The van der Waals surface area contributed by atoms with Crippen molar-refractivity contribution in [3.63, 3.8) is 0 Å². The number of anilines is 2. The normalized spacial score (nSPS) is 15.4.